The highest BCUT2D eigenvalue weighted by Crippen LogP contribution is 2.34. The average molecular weight is 236 g/mol. The van der Waals surface area contributed by atoms with Crippen molar-refractivity contribution in [1.82, 2.24) is 0 Å². The predicted octanol–water partition coefficient (Wildman–Crippen LogP) is 3.45. The Bertz CT molecular complexity index is 489. The van der Waals surface area contributed by atoms with E-state index < -0.39 is 5.60 Å². The Morgan fingerprint density at radius 3 is 2.69 bits per heavy atom. The Balaban J connectivity index is 2.55. The molecule has 1 nitrogen and oxygen atoms in total. The van der Waals surface area contributed by atoms with E-state index in [4.69, 9.17) is 0 Å². The molecule has 2 aromatic rings. The normalized spacial score (nSPS) is 14.8. The molecule has 1 atom stereocenters. The number of hydrogen-bond acceptors (Lipinski definition) is 2. The van der Waals surface area contributed by atoms with Crippen molar-refractivity contribution in [2.24, 2.45) is 0 Å². The maximum atomic E-state index is 13.7. The van der Waals surface area contributed by atoms with E-state index in [9.17, 15) is 9.50 Å². The van der Waals surface area contributed by atoms with Gasteiger partial charge in [-0.05, 0) is 37.4 Å². The van der Waals surface area contributed by atoms with Crippen LogP contribution >= 0.6 is 11.3 Å². The van der Waals surface area contributed by atoms with Gasteiger partial charge >= 0.3 is 0 Å². The Labute approximate surface area is 98.2 Å². The van der Waals surface area contributed by atoms with Gasteiger partial charge in [0.05, 0.1) is 0 Å². The van der Waals surface area contributed by atoms with Crippen LogP contribution in [0.5, 0.6) is 0 Å². The highest BCUT2D eigenvalue weighted by Gasteiger charge is 2.29. The maximum absolute atomic E-state index is 13.7. The second kappa shape index (κ2) is 4.00. The van der Waals surface area contributed by atoms with Crippen molar-refractivity contribution in [3.05, 3.63) is 57.5 Å². The molecule has 1 unspecified atom stereocenters. The molecule has 0 saturated heterocycles. The van der Waals surface area contributed by atoms with Gasteiger partial charge in [-0.25, -0.2) is 4.39 Å². The summed E-state index contributed by atoms with van der Waals surface area (Å²) in [4.78, 5) is 0.747. The topological polar surface area (TPSA) is 20.2 Å². The number of hydrogen-bond donors (Lipinski definition) is 1. The van der Waals surface area contributed by atoms with Crippen LogP contribution in [-0.4, -0.2) is 5.11 Å². The second-order valence-electron chi connectivity index (χ2n) is 4.03. The Kier molecular flexibility index (Phi) is 2.82. The van der Waals surface area contributed by atoms with Gasteiger partial charge in [-0.15, -0.1) is 11.3 Å². The first-order chi connectivity index (χ1) is 7.51. The molecule has 0 amide bonds. The first-order valence-corrected chi connectivity index (χ1v) is 5.93. The smallest absolute Gasteiger partial charge is 0.129 e. The monoisotopic (exact) mass is 236 g/mol. The first-order valence-electron chi connectivity index (χ1n) is 5.05. The van der Waals surface area contributed by atoms with E-state index in [1.807, 2.05) is 24.4 Å². The highest BCUT2D eigenvalue weighted by atomic mass is 32.1. The highest BCUT2D eigenvalue weighted by molar-refractivity contribution is 7.10. The molecular weight excluding hydrogens is 223 g/mol. The van der Waals surface area contributed by atoms with Crippen LogP contribution in [0.1, 0.15) is 22.9 Å². The molecule has 0 fully saturated rings. The number of aryl methyl sites for hydroxylation is 1. The van der Waals surface area contributed by atoms with Gasteiger partial charge in [0.1, 0.15) is 11.4 Å². The summed E-state index contributed by atoms with van der Waals surface area (Å²) in [5.74, 6) is -0.371. The van der Waals surface area contributed by atoms with Gasteiger partial charge < -0.3 is 5.11 Å². The zero-order valence-electron chi connectivity index (χ0n) is 9.20. The van der Waals surface area contributed by atoms with Crippen LogP contribution in [0, 0.1) is 12.7 Å². The molecule has 0 saturated carbocycles. The van der Waals surface area contributed by atoms with Crippen molar-refractivity contribution in [2.75, 3.05) is 0 Å². The van der Waals surface area contributed by atoms with Gasteiger partial charge in [-0.3, -0.25) is 0 Å². The molecule has 0 bridgehead atoms. The standard InChI is InChI=1S/C13H13FOS/c1-9-5-6-11(14)10(8-9)13(2,15)12-4-3-7-16-12/h3-8,15H,1-2H3. The summed E-state index contributed by atoms with van der Waals surface area (Å²) in [6.07, 6.45) is 0. The molecule has 0 aliphatic carbocycles. The second-order valence-corrected chi connectivity index (χ2v) is 4.98. The molecule has 1 heterocycles. The van der Waals surface area contributed by atoms with E-state index in [2.05, 4.69) is 0 Å². The lowest BCUT2D eigenvalue weighted by atomic mass is 9.92. The quantitative estimate of drug-likeness (QED) is 0.846. The summed E-state index contributed by atoms with van der Waals surface area (Å²) < 4.78 is 13.7. The fourth-order valence-electron chi connectivity index (χ4n) is 1.70. The summed E-state index contributed by atoms with van der Waals surface area (Å²) in [6.45, 7) is 3.50. The molecule has 84 valence electrons. The first kappa shape index (κ1) is 11.3. The summed E-state index contributed by atoms with van der Waals surface area (Å²) in [6, 6.07) is 8.44. The SMILES string of the molecule is Cc1ccc(F)c(C(C)(O)c2cccs2)c1. The lowest BCUT2D eigenvalue weighted by Crippen LogP contribution is -2.23. The van der Waals surface area contributed by atoms with Crippen molar-refractivity contribution in [3.63, 3.8) is 0 Å². The van der Waals surface area contributed by atoms with Crippen molar-refractivity contribution in [2.45, 2.75) is 19.4 Å². The van der Waals surface area contributed by atoms with Crippen LogP contribution < -0.4 is 0 Å². The van der Waals surface area contributed by atoms with Crippen LogP contribution in [0.15, 0.2) is 35.7 Å². The van der Waals surface area contributed by atoms with E-state index in [0.717, 1.165) is 10.4 Å². The van der Waals surface area contributed by atoms with Crippen molar-refractivity contribution < 1.29 is 9.50 Å². The van der Waals surface area contributed by atoms with Crippen molar-refractivity contribution >= 4 is 11.3 Å². The van der Waals surface area contributed by atoms with Gasteiger partial charge in [0, 0.05) is 10.4 Å². The molecular formula is C13H13FOS. The van der Waals surface area contributed by atoms with Crippen LogP contribution in [0.4, 0.5) is 4.39 Å². The van der Waals surface area contributed by atoms with Crippen LogP contribution in [0.25, 0.3) is 0 Å². The molecule has 2 rings (SSSR count). The number of halogens is 1. The van der Waals surface area contributed by atoms with E-state index in [1.165, 1.54) is 17.4 Å². The third kappa shape index (κ3) is 1.88. The number of benzene rings is 1. The van der Waals surface area contributed by atoms with E-state index >= 15 is 0 Å². The summed E-state index contributed by atoms with van der Waals surface area (Å²) in [7, 11) is 0. The minimum absolute atomic E-state index is 0.329. The zero-order valence-corrected chi connectivity index (χ0v) is 10.0. The molecule has 1 aromatic heterocycles. The van der Waals surface area contributed by atoms with Crippen LogP contribution in [0.2, 0.25) is 0 Å². The third-order valence-corrected chi connectivity index (χ3v) is 3.73. The Morgan fingerprint density at radius 1 is 1.31 bits per heavy atom. The van der Waals surface area contributed by atoms with E-state index in [0.29, 0.717) is 5.56 Å². The van der Waals surface area contributed by atoms with E-state index in [-0.39, 0.29) is 5.82 Å². The van der Waals surface area contributed by atoms with Gasteiger partial charge in [-0.1, -0.05) is 17.7 Å². The van der Waals surface area contributed by atoms with Gasteiger partial charge in [0.25, 0.3) is 0 Å². The van der Waals surface area contributed by atoms with E-state index in [1.54, 1.807) is 19.1 Å². The van der Waals surface area contributed by atoms with Crippen LogP contribution in [-0.2, 0) is 5.60 Å². The lowest BCUT2D eigenvalue weighted by Gasteiger charge is -2.23. The molecule has 1 N–H and O–H groups in total. The molecule has 1 aromatic carbocycles. The average Bonchev–Trinajstić information content (AvgIpc) is 2.75. The minimum atomic E-state index is -1.26. The predicted molar refractivity (Wildman–Crippen MR) is 64.1 cm³/mol. The van der Waals surface area contributed by atoms with Crippen LogP contribution in [0.3, 0.4) is 0 Å². The van der Waals surface area contributed by atoms with Gasteiger partial charge in [0.15, 0.2) is 0 Å². The molecule has 0 aliphatic heterocycles. The van der Waals surface area contributed by atoms with Crippen molar-refractivity contribution in [3.8, 4) is 0 Å². The maximum Gasteiger partial charge on any atom is 0.129 e. The Morgan fingerprint density at radius 2 is 2.06 bits per heavy atom. The molecule has 16 heavy (non-hydrogen) atoms. The number of thiophene rings is 1. The van der Waals surface area contributed by atoms with Crippen molar-refractivity contribution in [1.29, 1.82) is 0 Å². The third-order valence-electron chi connectivity index (χ3n) is 2.65. The fourth-order valence-corrected chi connectivity index (χ4v) is 2.50. The molecule has 0 radical (unpaired) electrons. The molecule has 3 heteroatoms. The lowest BCUT2D eigenvalue weighted by molar-refractivity contribution is 0.102. The Hall–Kier alpha value is -1.19. The summed E-state index contributed by atoms with van der Waals surface area (Å²) in [5, 5.41) is 12.3. The number of aliphatic hydroxyl groups is 1. The fraction of sp³-hybridized carbons (Fsp3) is 0.231. The largest absolute Gasteiger partial charge is 0.380 e. The molecule has 0 spiro atoms. The molecule has 0 aliphatic rings. The zero-order chi connectivity index (χ0) is 11.8. The number of rotatable bonds is 2. The summed E-state index contributed by atoms with van der Waals surface area (Å²) >= 11 is 1.42. The van der Waals surface area contributed by atoms with Gasteiger partial charge in [-0.2, -0.15) is 0 Å². The van der Waals surface area contributed by atoms with Gasteiger partial charge in [0.2, 0.25) is 0 Å². The summed E-state index contributed by atoms with van der Waals surface area (Å²) in [5.41, 5.74) is 0.00718. The minimum Gasteiger partial charge on any atom is -0.380 e.